The van der Waals surface area contributed by atoms with Gasteiger partial charge in [-0.2, -0.15) is 5.26 Å². The molecule has 0 aliphatic heterocycles. The summed E-state index contributed by atoms with van der Waals surface area (Å²) in [5.74, 6) is -0.205. The third-order valence-electron chi connectivity index (χ3n) is 3.34. The zero-order valence-corrected chi connectivity index (χ0v) is 15.1. The van der Waals surface area contributed by atoms with Crippen LogP contribution < -0.4 is 5.32 Å². The first-order valence-corrected chi connectivity index (χ1v) is 8.88. The minimum absolute atomic E-state index is 0.148. The standard InChI is InChI=1S/C18H11Cl2N3OS/c19-13-3-1-2-11(6-13)18-23-15(10-25-18)8-17(24)22-14-5-4-12(9-21)16(20)7-14/h1-7,10H,8H2,(H,22,24). The van der Waals surface area contributed by atoms with Crippen molar-refractivity contribution in [3.8, 4) is 16.6 Å². The second kappa shape index (κ2) is 7.66. The number of amides is 1. The molecule has 0 spiro atoms. The summed E-state index contributed by atoms with van der Waals surface area (Å²) >= 11 is 13.4. The first-order valence-electron chi connectivity index (χ1n) is 7.25. The Hall–Kier alpha value is -2.39. The molecule has 25 heavy (non-hydrogen) atoms. The van der Waals surface area contributed by atoms with E-state index in [1.54, 1.807) is 24.3 Å². The van der Waals surface area contributed by atoms with Gasteiger partial charge in [-0.3, -0.25) is 4.79 Å². The van der Waals surface area contributed by atoms with E-state index in [4.69, 9.17) is 28.5 Å². The lowest BCUT2D eigenvalue weighted by Crippen LogP contribution is -2.14. The quantitative estimate of drug-likeness (QED) is 0.671. The molecule has 1 N–H and O–H groups in total. The van der Waals surface area contributed by atoms with Crippen LogP contribution in [0.5, 0.6) is 0 Å². The Balaban J connectivity index is 1.68. The Bertz CT molecular complexity index is 978. The molecule has 0 bridgehead atoms. The van der Waals surface area contributed by atoms with Gasteiger partial charge in [0.05, 0.1) is 22.7 Å². The van der Waals surface area contributed by atoms with E-state index in [0.29, 0.717) is 27.0 Å². The second-order valence-electron chi connectivity index (χ2n) is 5.19. The predicted molar refractivity (Wildman–Crippen MR) is 101 cm³/mol. The van der Waals surface area contributed by atoms with Crippen LogP contribution >= 0.6 is 34.5 Å². The van der Waals surface area contributed by atoms with Crippen LogP contribution in [0.3, 0.4) is 0 Å². The number of halogens is 2. The molecular formula is C18H11Cl2N3OS. The summed E-state index contributed by atoms with van der Waals surface area (Å²) in [7, 11) is 0. The molecule has 0 aliphatic rings. The summed E-state index contributed by atoms with van der Waals surface area (Å²) in [4.78, 5) is 16.6. The minimum Gasteiger partial charge on any atom is -0.326 e. The summed E-state index contributed by atoms with van der Waals surface area (Å²) in [5.41, 5.74) is 2.50. The van der Waals surface area contributed by atoms with Crippen molar-refractivity contribution in [2.75, 3.05) is 5.32 Å². The summed E-state index contributed by atoms with van der Waals surface area (Å²) in [6.07, 6.45) is 0.148. The molecule has 1 amide bonds. The third-order valence-corrected chi connectivity index (χ3v) is 4.83. The summed E-state index contributed by atoms with van der Waals surface area (Å²) < 4.78 is 0. The molecule has 0 unspecified atom stereocenters. The molecule has 0 atom stereocenters. The van der Waals surface area contributed by atoms with Crippen molar-refractivity contribution in [3.05, 3.63) is 69.1 Å². The van der Waals surface area contributed by atoms with Gasteiger partial charge in [0.2, 0.25) is 5.91 Å². The molecule has 3 rings (SSSR count). The molecule has 0 aliphatic carbocycles. The number of thiazole rings is 1. The van der Waals surface area contributed by atoms with Gasteiger partial charge in [-0.1, -0.05) is 35.3 Å². The van der Waals surface area contributed by atoms with Crippen LogP contribution in [0.25, 0.3) is 10.6 Å². The molecule has 0 fully saturated rings. The number of nitrogens with zero attached hydrogens (tertiary/aromatic N) is 2. The lowest BCUT2D eigenvalue weighted by atomic mass is 10.2. The number of carbonyl (C=O) groups excluding carboxylic acids is 1. The molecule has 0 saturated heterocycles. The van der Waals surface area contributed by atoms with Gasteiger partial charge in [-0.25, -0.2) is 4.98 Å². The maximum absolute atomic E-state index is 12.2. The van der Waals surface area contributed by atoms with Gasteiger partial charge in [-0.05, 0) is 30.3 Å². The number of carbonyl (C=O) groups is 1. The average Bonchev–Trinajstić information content (AvgIpc) is 3.03. The van der Waals surface area contributed by atoms with Gasteiger partial charge >= 0.3 is 0 Å². The van der Waals surface area contributed by atoms with Gasteiger partial charge in [0.15, 0.2) is 0 Å². The van der Waals surface area contributed by atoms with Crippen molar-refractivity contribution in [2.45, 2.75) is 6.42 Å². The number of nitriles is 1. The first kappa shape index (κ1) is 17.4. The Labute approximate surface area is 158 Å². The van der Waals surface area contributed by atoms with Crippen LogP contribution in [0.1, 0.15) is 11.3 Å². The Morgan fingerprint density at radius 1 is 1.24 bits per heavy atom. The van der Waals surface area contributed by atoms with Crippen molar-refractivity contribution < 1.29 is 4.79 Å². The SMILES string of the molecule is N#Cc1ccc(NC(=O)Cc2csc(-c3cccc(Cl)c3)n2)cc1Cl. The number of nitrogens with one attached hydrogen (secondary N) is 1. The van der Waals surface area contributed by atoms with Gasteiger partial charge in [0, 0.05) is 21.7 Å². The molecule has 2 aromatic carbocycles. The highest BCUT2D eigenvalue weighted by Gasteiger charge is 2.10. The molecular weight excluding hydrogens is 377 g/mol. The fourth-order valence-corrected chi connectivity index (χ4v) is 3.43. The Morgan fingerprint density at radius 3 is 2.80 bits per heavy atom. The lowest BCUT2D eigenvalue weighted by Gasteiger charge is -2.05. The predicted octanol–water partition coefficient (Wildman–Crippen LogP) is 5.17. The van der Waals surface area contributed by atoms with Gasteiger partial charge in [-0.15, -0.1) is 11.3 Å². The fraction of sp³-hybridized carbons (Fsp3) is 0.0556. The summed E-state index contributed by atoms with van der Waals surface area (Å²) in [6, 6.07) is 14.2. The number of aromatic nitrogens is 1. The molecule has 1 heterocycles. The molecule has 3 aromatic rings. The number of benzene rings is 2. The van der Waals surface area contributed by atoms with Crippen LogP contribution in [0, 0.1) is 11.3 Å². The molecule has 124 valence electrons. The normalized spacial score (nSPS) is 10.3. The van der Waals surface area contributed by atoms with E-state index in [-0.39, 0.29) is 12.3 Å². The molecule has 4 nitrogen and oxygen atoms in total. The van der Waals surface area contributed by atoms with Crippen molar-refractivity contribution in [1.82, 2.24) is 4.98 Å². The Morgan fingerprint density at radius 2 is 2.08 bits per heavy atom. The monoisotopic (exact) mass is 387 g/mol. The van der Waals surface area contributed by atoms with E-state index in [1.165, 1.54) is 11.3 Å². The second-order valence-corrected chi connectivity index (χ2v) is 6.89. The average molecular weight is 388 g/mol. The topological polar surface area (TPSA) is 65.8 Å². The van der Waals surface area contributed by atoms with Gasteiger partial charge in [0.25, 0.3) is 0 Å². The van der Waals surface area contributed by atoms with Crippen LogP contribution in [-0.2, 0) is 11.2 Å². The van der Waals surface area contributed by atoms with Crippen LogP contribution in [0.4, 0.5) is 5.69 Å². The van der Waals surface area contributed by atoms with Crippen molar-refractivity contribution in [3.63, 3.8) is 0 Å². The fourth-order valence-electron chi connectivity index (χ4n) is 2.20. The highest BCUT2D eigenvalue weighted by atomic mass is 35.5. The highest BCUT2D eigenvalue weighted by Crippen LogP contribution is 2.26. The maximum Gasteiger partial charge on any atom is 0.230 e. The number of hydrogen-bond donors (Lipinski definition) is 1. The zero-order valence-electron chi connectivity index (χ0n) is 12.8. The van der Waals surface area contributed by atoms with Crippen molar-refractivity contribution in [2.24, 2.45) is 0 Å². The summed E-state index contributed by atoms with van der Waals surface area (Å²) in [6.45, 7) is 0. The van der Waals surface area contributed by atoms with Crippen LogP contribution in [0.15, 0.2) is 47.8 Å². The van der Waals surface area contributed by atoms with Crippen molar-refractivity contribution >= 4 is 46.1 Å². The first-order chi connectivity index (χ1) is 12.0. The van der Waals surface area contributed by atoms with E-state index < -0.39 is 0 Å². The van der Waals surface area contributed by atoms with E-state index in [0.717, 1.165) is 10.6 Å². The van der Waals surface area contributed by atoms with E-state index in [2.05, 4.69) is 10.3 Å². The zero-order chi connectivity index (χ0) is 17.8. The van der Waals surface area contributed by atoms with Crippen molar-refractivity contribution in [1.29, 1.82) is 5.26 Å². The van der Waals surface area contributed by atoms with E-state index in [1.807, 2.05) is 29.6 Å². The van der Waals surface area contributed by atoms with E-state index >= 15 is 0 Å². The number of rotatable bonds is 4. The maximum atomic E-state index is 12.2. The Kier molecular flexibility index (Phi) is 5.34. The van der Waals surface area contributed by atoms with Gasteiger partial charge < -0.3 is 5.32 Å². The molecule has 1 aromatic heterocycles. The van der Waals surface area contributed by atoms with E-state index in [9.17, 15) is 4.79 Å². The largest absolute Gasteiger partial charge is 0.326 e. The van der Waals surface area contributed by atoms with Crippen LogP contribution in [-0.4, -0.2) is 10.9 Å². The van der Waals surface area contributed by atoms with Crippen LogP contribution in [0.2, 0.25) is 10.0 Å². The number of hydrogen-bond acceptors (Lipinski definition) is 4. The summed E-state index contributed by atoms with van der Waals surface area (Å²) in [5, 5.41) is 15.2. The molecule has 0 saturated carbocycles. The third kappa shape index (κ3) is 4.37. The molecule has 7 heteroatoms. The lowest BCUT2D eigenvalue weighted by molar-refractivity contribution is -0.115. The number of anilines is 1. The smallest absolute Gasteiger partial charge is 0.230 e. The highest BCUT2D eigenvalue weighted by molar-refractivity contribution is 7.13. The molecule has 0 radical (unpaired) electrons. The van der Waals surface area contributed by atoms with Gasteiger partial charge in [0.1, 0.15) is 11.1 Å². The minimum atomic E-state index is -0.205.